The predicted octanol–water partition coefficient (Wildman–Crippen LogP) is 2.86. The van der Waals surface area contributed by atoms with Crippen molar-refractivity contribution in [3.63, 3.8) is 0 Å². The number of carbonyl (C=O) groups excluding carboxylic acids is 2. The summed E-state index contributed by atoms with van der Waals surface area (Å²) in [6.07, 6.45) is 2.92. The molecule has 2 rings (SSSR count). The lowest BCUT2D eigenvalue weighted by atomic mass is 10.2. The van der Waals surface area contributed by atoms with Gasteiger partial charge in [-0.1, -0.05) is 11.6 Å². The fourth-order valence-corrected chi connectivity index (χ4v) is 2.68. The molecule has 0 unspecified atom stereocenters. The van der Waals surface area contributed by atoms with Gasteiger partial charge in [0.25, 0.3) is 5.91 Å². The number of hydrogen-bond acceptors (Lipinski definition) is 4. The molecule has 7 heteroatoms. The number of ether oxygens (including phenoxy) is 1. The number of halogens is 1. The summed E-state index contributed by atoms with van der Waals surface area (Å²) < 4.78 is 5.41. The molecule has 1 fully saturated rings. The molecule has 2 amide bonds. The van der Waals surface area contributed by atoms with Crippen molar-refractivity contribution in [2.24, 2.45) is 0 Å². The first-order valence-corrected chi connectivity index (χ1v) is 8.04. The van der Waals surface area contributed by atoms with E-state index >= 15 is 0 Å². The summed E-state index contributed by atoms with van der Waals surface area (Å²) in [6, 6.07) is 3.21. The van der Waals surface area contributed by atoms with E-state index in [2.05, 4.69) is 10.3 Å². The van der Waals surface area contributed by atoms with Gasteiger partial charge >= 0.3 is 6.09 Å². The molecular formula is C16H22ClN3O3. The third kappa shape index (κ3) is 4.82. The highest BCUT2D eigenvalue weighted by atomic mass is 35.5. The molecular weight excluding hydrogens is 318 g/mol. The maximum Gasteiger partial charge on any atom is 0.410 e. The van der Waals surface area contributed by atoms with Gasteiger partial charge in [-0.3, -0.25) is 4.79 Å². The summed E-state index contributed by atoms with van der Waals surface area (Å²) in [5, 5.41) is 2.98. The van der Waals surface area contributed by atoms with Gasteiger partial charge in [-0.15, -0.1) is 0 Å². The number of amides is 2. The Labute approximate surface area is 141 Å². The highest BCUT2D eigenvalue weighted by molar-refractivity contribution is 6.32. The van der Waals surface area contributed by atoms with E-state index in [0.717, 1.165) is 12.8 Å². The standard InChI is InChI=1S/C16H22ClN3O3/c1-16(2,3)23-15(22)20-9-5-6-11(20)10-19-14(21)12-7-4-8-18-13(12)17/h4,7-8,11H,5-6,9-10H2,1-3H3,(H,19,21)/t11-/m1/s1. The van der Waals surface area contributed by atoms with Crippen LogP contribution in [-0.4, -0.2) is 46.6 Å². The lowest BCUT2D eigenvalue weighted by molar-refractivity contribution is 0.0225. The van der Waals surface area contributed by atoms with Gasteiger partial charge < -0.3 is 15.0 Å². The average Bonchev–Trinajstić information content (AvgIpc) is 2.92. The van der Waals surface area contributed by atoms with Crippen LogP contribution in [0.25, 0.3) is 0 Å². The van der Waals surface area contributed by atoms with E-state index in [0.29, 0.717) is 18.7 Å². The van der Waals surface area contributed by atoms with Gasteiger partial charge in [-0.25, -0.2) is 9.78 Å². The molecule has 1 atom stereocenters. The van der Waals surface area contributed by atoms with Crippen molar-refractivity contribution in [1.82, 2.24) is 15.2 Å². The molecule has 6 nitrogen and oxygen atoms in total. The average molecular weight is 340 g/mol. The van der Waals surface area contributed by atoms with Crippen molar-refractivity contribution >= 4 is 23.6 Å². The van der Waals surface area contributed by atoms with Crippen molar-refractivity contribution in [3.8, 4) is 0 Å². The molecule has 2 heterocycles. The van der Waals surface area contributed by atoms with Crippen LogP contribution in [0.15, 0.2) is 18.3 Å². The second-order valence-electron chi connectivity index (χ2n) is 6.52. The molecule has 1 aromatic rings. The van der Waals surface area contributed by atoms with Crippen molar-refractivity contribution in [2.75, 3.05) is 13.1 Å². The molecule has 1 aliphatic rings. The van der Waals surface area contributed by atoms with Crippen LogP contribution in [-0.2, 0) is 4.74 Å². The number of aromatic nitrogens is 1. The van der Waals surface area contributed by atoms with E-state index < -0.39 is 5.60 Å². The number of nitrogens with zero attached hydrogens (tertiary/aromatic N) is 2. The zero-order valence-corrected chi connectivity index (χ0v) is 14.4. The maximum atomic E-state index is 12.2. The van der Waals surface area contributed by atoms with Crippen molar-refractivity contribution in [3.05, 3.63) is 29.0 Å². The molecule has 1 aliphatic heterocycles. The Bertz CT molecular complexity index is 586. The van der Waals surface area contributed by atoms with Crippen LogP contribution < -0.4 is 5.32 Å². The number of carbonyl (C=O) groups is 2. The number of rotatable bonds is 3. The van der Waals surface area contributed by atoms with Crippen LogP contribution in [0.5, 0.6) is 0 Å². The molecule has 0 spiro atoms. The predicted molar refractivity (Wildman–Crippen MR) is 87.5 cm³/mol. The molecule has 0 aromatic carbocycles. The largest absolute Gasteiger partial charge is 0.444 e. The zero-order chi connectivity index (χ0) is 17.0. The van der Waals surface area contributed by atoms with Crippen LogP contribution in [0, 0.1) is 0 Å². The number of likely N-dealkylation sites (tertiary alicyclic amines) is 1. The van der Waals surface area contributed by atoms with E-state index in [1.165, 1.54) is 6.20 Å². The van der Waals surface area contributed by atoms with Gasteiger partial charge in [0.15, 0.2) is 0 Å². The Hall–Kier alpha value is -1.82. The van der Waals surface area contributed by atoms with Gasteiger partial charge in [0.05, 0.1) is 11.6 Å². The first-order chi connectivity index (χ1) is 10.8. The summed E-state index contributed by atoms with van der Waals surface area (Å²) in [5.74, 6) is -0.292. The molecule has 126 valence electrons. The topological polar surface area (TPSA) is 71.5 Å². The highest BCUT2D eigenvalue weighted by Crippen LogP contribution is 2.20. The minimum absolute atomic E-state index is 0.0655. The van der Waals surface area contributed by atoms with Crippen molar-refractivity contribution < 1.29 is 14.3 Å². The molecule has 23 heavy (non-hydrogen) atoms. The van der Waals surface area contributed by atoms with E-state index in [1.54, 1.807) is 17.0 Å². The van der Waals surface area contributed by atoms with Gasteiger partial charge in [-0.2, -0.15) is 0 Å². The molecule has 1 saturated heterocycles. The second kappa shape index (κ2) is 7.17. The Morgan fingerprint density at radius 3 is 2.87 bits per heavy atom. The number of pyridine rings is 1. The Morgan fingerprint density at radius 1 is 1.48 bits per heavy atom. The fourth-order valence-electron chi connectivity index (χ4n) is 2.47. The van der Waals surface area contributed by atoms with Gasteiger partial charge in [-0.05, 0) is 45.7 Å². The summed E-state index contributed by atoms with van der Waals surface area (Å²) in [4.78, 5) is 29.9. The number of nitrogens with one attached hydrogen (secondary N) is 1. The summed E-state index contributed by atoms with van der Waals surface area (Å²) in [5.41, 5.74) is -0.201. The molecule has 0 radical (unpaired) electrons. The minimum atomic E-state index is -0.531. The van der Waals surface area contributed by atoms with Gasteiger partial charge in [0.1, 0.15) is 10.8 Å². The Balaban J connectivity index is 1.93. The summed E-state index contributed by atoms with van der Waals surface area (Å²) in [7, 11) is 0. The maximum absolute atomic E-state index is 12.2. The monoisotopic (exact) mass is 339 g/mol. The molecule has 0 aliphatic carbocycles. The van der Waals surface area contributed by atoms with Crippen molar-refractivity contribution in [1.29, 1.82) is 0 Å². The van der Waals surface area contributed by atoms with Crippen LogP contribution in [0.4, 0.5) is 4.79 Å². The summed E-state index contributed by atoms with van der Waals surface area (Å²) in [6.45, 7) is 6.51. The molecule has 0 saturated carbocycles. The van der Waals surface area contributed by atoms with Crippen LogP contribution in [0.2, 0.25) is 5.15 Å². The van der Waals surface area contributed by atoms with Gasteiger partial charge in [0, 0.05) is 19.3 Å². The SMILES string of the molecule is CC(C)(C)OC(=O)N1CCC[C@@H]1CNC(=O)c1cccnc1Cl. The fraction of sp³-hybridized carbons (Fsp3) is 0.562. The molecule has 0 bridgehead atoms. The third-order valence-electron chi connectivity index (χ3n) is 3.51. The first-order valence-electron chi connectivity index (χ1n) is 7.66. The zero-order valence-electron chi connectivity index (χ0n) is 13.6. The quantitative estimate of drug-likeness (QED) is 0.859. The molecule has 1 N–H and O–H groups in total. The number of hydrogen-bond donors (Lipinski definition) is 1. The second-order valence-corrected chi connectivity index (χ2v) is 6.88. The van der Waals surface area contributed by atoms with Crippen LogP contribution in [0.1, 0.15) is 44.0 Å². The van der Waals surface area contributed by atoms with E-state index in [1.807, 2.05) is 20.8 Å². The lowest BCUT2D eigenvalue weighted by Gasteiger charge is -2.28. The minimum Gasteiger partial charge on any atom is -0.444 e. The Kier molecular flexibility index (Phi) is 5.46. The van der Waals surface area contributed by atoms with E-state index in [-0.39, 0.29) is 23.2 Å². The van der Waals surface area contributed by atoms with Gasteiger partial charge in [0.2, 0.25) is 0 Å². The summed E-state index contributed by atoms with van der Waals surface area (Å²) >= 11 is 5.91. The smallest absolute Gasteiger partial charge is 0.410 e. The normalized spacial score (nSPS) is 17.9. The van der Waals surface area contributed by atoms with Crippen molar-refractivity contribution in [2.45, 2.75) is 45.3 Å². The van der Waals surface area contributed by atoms with Crippen LogP contribution >= 0.6 is 11.6 Å². The lowest BCUT2D eigenvalue weighted by Crippen LogP contribution is -2.45. The Morgan fingerprint density at radius 2 is 2.22 bits per heavy atom. The third-order valence-corrected chi connectivity index (χ3v) is 3.81. The first kappa shape index (κ1) is 17.5. The molecule has 1 aromatic heterocycles. The highest BCUT2D eigenvalue weighted by Gasteiger charge is 2.32. The van der Waals surface area contributed by atoms with E-state index in [4.69, 9.17) is 16.3 Å². The van der Waals surface area contributed by atoms with E-state index in [9.17, 15) is 9.59 Å². The van der Waals surface area contributed by atoms with Crippen LogP contribution in [0.3, 0.4) is 0 Å².